The van der Waals surface area contributed by atoms with E-state index in [4.69, 9.17) is 9.15 Å². The largest absolute Gasteiger partial charge is 0.494 e. The molecule has 0 unspecified atom stereocenters. The molecule has 3 rings (SSSR count). The fourth-order valence-electron chi connectivity index (χ4n) is 2.44. The molecule has 8 heteroatoms. The molecule has 0 aliphatic rings. The van der Waals surface area contributed by atoms with Crippen LogP contribution in [0.3, 0.4) is 0 Å². The average molecular weight is 388 g/mol. The second-order valence-electron chi connectivity index (χ2n) is 5.73. The number of hydrogen-bond acceptors (Lipinski definition) is 5. The molecule has 140 valence electrons. The van der Waals surface area contributed by atoms with Gasteiger partial charge < -0.3 is 19.4 Å². The SMILES string of the molecule is COc1ccc(CN(C)C(=O)c2ccc(NC(=O)c3ccco3)s2)cc1F. The van der Waals surface area contributed by atoms with E-state index in [-0.39, 0.29) is 29.9 Å². The van der Waals surface area contributed by atoms with Crippen LogP contribution in [0.2, 0.25) is 0 Å². The van der Waals surface area contributed by atoms with E-state index in [1.165, 1.54) is 30.4 Å². The Balaban J connectivity index is 1.64. The first-order valence-corrected chi connectivity index (χ1v) is 8.82. The Bertz CT molecular complexity index is 953. The van der Waals surface area contributed by atoms with E-state index in [0.29, 0.717) is 15.4 Å². The number of hydrogen-bond donors (Lipinski definition) is 1. The second kappa shape index (κ2) is 8.05. The fraction of sp³-hybridized carbons (Fsp3) is 0.158. The number of benzene rings is 1. The minimum Gasteiger partial charge on any atom is -0.494 e. The predicted molar refractivity (Wildman–Crippen MR) is 99.7 cm³/mol. The zero-order valence-corrected chi connectivity index (χ0v) is 15.5. The number of methoxy groups -OCH3 is 1. The summed E-state index contributed by atoms with van der Waals surface area (Å²) in [6.45, 7) is 0.242. The molecule has 0 bridgehead atoms. The molecule has 27 heavy (non-hydrogen) atoms. The quantitative estimate of drug-likeness (QED) is 0.693. The molecule has 0 aliphatic heterocycles. The molecule has 1 aromatic carbocycles. The van der Waals surface area contributed by atoms with Gasteiger partial charge in [-0.15, -0.1) is 11.3 Å². The fourth-order valence-corrected chi connectivity index (χ4v) is 3.34. The van der Waals surface area contributed by atoms with Crippen LogP contribution in [0.1, 0.15) is 25.8 Å². The van der Waals surface area contributed by atoms with Gasteiger partial charge in [-0.3, -0.25) is 9.59 Å². The normalized spacial score (nSPS) is 10.5. The molecule has 3 aromatic rings. The van der Waals surface area contributed by atoms with Gasteiger partial charge in [0, 0.05) is 13.6 Å². The van der Waals surface area contributed by atoms with Gasteiger partial charge in [-0.1, -0.05) is 6.07 Å². The molecule has 2 heterocycles. The highest BCUT2D eigenvalue weighted by Crippen LogP contribution is 2.25. The third kappa shape index (κ3) is 4.35. The van der Waals surface area contributed by atoms with Crippen molar-refractivity contribution in [3.05, 3.63) is 70.7 Å². The van der Waals surface area contributed by atoms with E-state index in [1.54, 1.807) is 37.4 Å². The standard InChI is InChI=1S/C19H17FN2O4S/c1-22(11-12-5-6-14(25-2)13(20)10-12)19(24)16-7-8-17(27-16)21-18(23)15-4-3-9-26-15/h3-10H,11H2,1-2H3,(H,21,23). The molecule has 0 aliphatic carbocycles. The van der Waals surface area contributed by atoms with Crippen molar-refractivity contribution in [3.63, 3.8) is 0 Å². The van der Waals surface area contributed by atoms with Crippen molar-refractivity contribution in [2.45, 2.75) is 6.54 Å². The second-order valence-corrected chi connectivity index (χ2v) is 6.81. The summed E-state index contributed by atoms with van der Waals surface area (Å²) >= 11 is 1.16. The minimum atomic E-state index is -0.477. The highest BCUT2D eigenvalue weighted by Gasteiger charge is 2.17. The van der Waals surface area contributed by atoms with Crippen molar-refractivity contribution < 1.29 is 23.1 Å². The number of nitrogens with zero attached hydrogens (tertiary/aromatic N) is 1. The maximum atomic E-state index is 13.8. The number of rotatable bonds is 6. The van der Waals surface area contributed by atoms with Crippen molar-refractivity contribution in [1.29, 1.82) is 0 Å². The summed E-state index contributed by atoms with van der Waals surface area (Å²) in [7, 11) is 3.03. The number of anilines is 1. The van der Waals surface area contributed by atoms with Gasteiger partial charge in [0.1, 0.15) is 0 Å². The number of ether oxygens (including phenoxy) is 1. The lowest BCUT2D eigenvalue weighted by atomic mass is 10.2. The number of carbonyl (C=O) groups excluding carboxylic acids is 2. The number of amides is 2. The lowest BCUT2D eigenvalue weighted by Gasteiger charge is -2.16. The Labute approximate surface area is 159 Å². The average Bonchev–Trinajstić information content (AvgIpc) is 3.33. The number of thiophene rings is 1. The molecule has 0 fully saturated rings. The zero-order chi connectivity index (χ0) is 19.4. The summed E-state index contributed by atoms with van der Waals surface area (Å²) in [5, 5.41) is 3.21. The Morgan fingerprint density at radius 3 is 2.74 bits per heavy atom. The van der Waals surface area contributed by atoms with E-state index in [2.05, 4.69) is 5.32 Å². The van der Waals surface area contributed by atoms with Crippen LogP contribution in [0.15, 0.2) is 53.1 Å². The first-order valence-electron chi connectivity index (χ1n) is 8.00. The summed E-state index contributed by atoms with van der Waals surface area (Å²) in [5.41, 5.74) is 0.645. The molecule has 1 N–H and O–H groups in total. The van der Waals surface area contributed by atoms with E-state index in [1.807, 2.05) is 0 Å². The number of nitrogens with one attached hydrogen (secondary N) is 1. The van der Waals surface area contributed by atoms with Crippen LogP contribution in [-0.4, -0.2) is 30.9 Å². The third-order valence-electron chi connectivity index (χ3n) is 3.78. The minimum absolute atomic E-state index is 0.155. The Morgan fingerprint density at radius 1 is 1.26 bits per heavy atom. The van der Waals surface area contributed by atoms with Gasteiger partial charge in [0.25, 0.3) is 11.8 Å². The molecule has 0 spiro atoms. The first kappa shape index (κ1) is 18.7. The van der Waals surface area contributed by atoms with E-state index >= 15 is 0 Å². The summed E-state index contributed by atoms with van der Waals surface area (Å²) < 4.78 is 23.7. The van der Waals surface area contributed by atoms with Crippen LogP contribution in [0.4, 0.5) is 9.39 Å². The van der Waals surface area contributed by atoms with E-state index in [0.717, 1.165) is 11.3 Å². The Hall–Kier alpha value is -3.13. The van der Waals surface area contributed by atoms with Crippen molar-refractivity contribution in [2.24, 2.45) is 0 Å². The molecular weight excluding hydrogens is 371 g/mol. The smallest absolute Gasteiger partial charge is 0.291 e. The molecule has 6 nitrogen and oxygen atoms in total. The molecule has 0 radical (unpaired) electrons. The van der Waals surface area contributed by atoms with Crippen LogP contribution in [-0.2, 0) is 6.54 Å². The van der Waals surface area contributed by atoms with E-state index < -0.39 is 5.82 Å². The molecule has 2 aromatic heterocycles. The summed E-state index contributed by atoms with van der Waals surface area (Å²) in [4.78, 5) is 26.5. The molecule has 2 amide bonds. The van der Waals surface area contributed by atoms with Gasteiger partial charge in [0.2, 0.25) is 0 Å². The van der Waals surface area contributed by atoms with Gasteiger partial charge in [-0.05, 0) is 42.0 Å². The lowest BCUT2D eigenvalue weighted by molar-refractivity contribution is 0.0789. The predicted octanol–water partition coefficient (Wildman–Crippen LogP) is 4.01. The van der Waals surface area contributed by atoms with Gasteiger partial charge in [0.15, 0.2) is 17.3 Å². The van der Waals surface area contributed by atoms with Gasteiger partial charge in [0.05, 0.1) is 23.3 Å². The molecule has 0 saturated heterocycles. The monoisotopic (exact) mass is 388 g/mol. The summed E-state index contributed by atoms with van der Waals surface area (Å²) in [6.07, 6.45) is 1.41. The number of furan rings is 1. The van der Waals surface area contributed by atoms with Crippen molar-refractivity contribution >= 4 is 28.2 Å². The highest BCUT2D eigenvalue weighted by molar-refractivity contribution is 7.18. The Kier molecular flexibility index (Phi) is 5.56. The van der Waals surface area contributed by atoms with Crippen LogP contribution in [0.5, 0.6) is 5.75 Å². The van der Waals surface area contributed by atoms with Crippen molar-refractivity contribution in [3.8, 4) is 5.75 Å². The maximum absolute atomic E-state index is 13.8. The van der Waals surface area contributed by atoms with Gasteiger partial charge >= 0.3 is 0 Å². The lowest BCUT2D eigenvalue weighted by Crippen LogP contribution is -2.25. The van der Waals surface area contributed by atoms with Gasteiger partial charge in [-0.2, -0.15) is 0 Å². The third-order valence-corrected chi connectivity index (χ3v) is 4.77. The summed E-state index contributed by atoms with van der Waals surface area (Å²) in [6, 6.07) is 11.0. The summed E-state index contributed by atoms with van der Waals surface area (Å²) in [5.74, 6) is -0.745. The van der Waals surface area contributed by atoms with Gasteiger partial charge in [-0.25, -0.2) is 4.39 Å². The molecule has 0 atom stereocenters. The van der Waals surface area contributed by atoms with Crippen LogP contribution < -0.4 is 10.1 Å². The molecule has 0 saturated carbocycles. The van der Waals surface area contributed by atoms with Crippen molar-refractivity contribution in [1.82, 2.24) is 4.90 Å². The highest BCUT2D eigenvalue weighted by atomic mass is 32.1. The maximum Gasteiger partial charge on any atom is 0.291 e. The van der Waals surface area contributed by atoms with Crippen LogP contribution >= 0.6 is 11.3 Å². The number of carbonyl (C=O) groups is 2. The van der Waals surface area contributed by atoms with Crippen LogP contribution in [0.25, 0.3) is 0 Å². The Morgan fingerprint density at radius 2 is 2.07 bits per heavy atom. The topological polar surface area (TPSA) is 71.8 Å². The van der Waals surface area contributed by atoms with Crippen LogP contribution in [0, 0.1) is 5.82 Å². The first-order chi connectivity index (χ1) is 13.0. The van der Waals surface area contributed by atoms with Crippen molar-refractivity contribution in [2.75, 3.05) is 19.5 Å². The number of halogens is 1. The zero-order valence-electron chi connectivity index (χ0n) is 14.7. The van der Waals surface area contributed by atoms with E-state index in [9.17, 15) is 14.0 Å². The molecular formula is C19H17FN2O4S.